The Morgan fingerprint density at radius 2 is 1.35 bits per heavy atom. The molecule has 0 aliphatic carbocycles. The van der Waals surface area contributed by atoms with Gasteiger partial charge in [-0.05, 0) is 102 Å². The number of nitrogens with one attached hydrogen (secondary N) is 2. The molecule has 5 atom stereocenters. The number of aromatic nitrogens is 1. The molecule has 378 valence electrons. The Morgan fingerprint density at radius 3 is 1.93 bits per heavy atom. The van der Waals surface area contributed by atoms with E-state index in [1.807, 2.05) is 67.6 Å². The van der Waals surface area contributed by atoms with Gasteiger partial charge in [-0.25, -0.2) is 22.8 Å². The number of carbonyl (C=O) groups is 4. The number of rotatable bonds is 11. The summed E-state index contributed by atoms with van der Waals surface area (Å²) in [4.78, 5) is 65.2. The molecule has 0 saturated carbocycles. The van der Waals surface area contributed by atoms with Crippen molar-refractivity contribution in [3.05, 3.63) is 95.1 Å². The average molecular weight is 990 g/mol. The predicted molar refractivity (Wildman–Crippen MR) is 264 cm³/mol. The van der Waals surface area contributed by atoms with Gasteiger partial charge in [0.05, 0.1) is 61.7 Å². The summed E-state index contributed by atoms with van der Waals surface area (Å²) in [7, 11) is 2.52. The molecule has 1 aromatic heterocycles. The highest BCUT2D eigenvalue weighted by molar-refractivity contribution is 6.06. The van der Waals surface area contributed by atoms with Crippen molar-refractivity contribution in [1.29, 1.82) is 0 Å². The summed E-state index contributed by atoms with van der Waals surface area (Å²) in [5.74, 6) is -4.05. The van der Waals surface area contributed by atoms with Gasteiger partial charge in [-0.3, -0.25) is 19.6 Å². The van der Waals surface area contributed by atoms with E-state index < -0.39 is 48.7 Å². The maximum atomic E-state index is 17.0. The fourth-order valence-electron chi connectivity index (χ4n) is 11.1. The normalized spacial score (nSPS) is 21.7. The summed E-state index contributed by atoms with van der Waals surface area (Å²) in [6.07, 6.45) is 4.64. The fourth-order valence-corrected chi connectivity index (χ4v) is 11.1. The number of alkyl carbamates (subject to hydrolysis) is 2. The van der Waals surface area contributed by atoms with E-state index in [1.165, 1.54) is 26.4 Å². The van der Waals surface area contributed by atoms with Gasteiger partial charge in [0.25, 0.3) is 5.92 Å². The monoisotopic (exact) mass is 989 g/mol. The zero-order chi connectivity index (χ0) is 50.7. The molecular weight excluding hydrogens is 932 g/mol. The van der Waals surface area contributed by atoms with Crippen molar-refractivity contribution in [1.82, 2.24) is 25.0 Å². The number of likely N-dealkylation sites (tertiary alicyclic amines) is 2. The third kappa shape index (κ3) is 8.75. The molecule has 1 unspecified atom stereocenters. The van der Waals surface area contributed by atoms with Gasteiger partial charge < -0.3 is 43.9 Å². The van der Waals surface area contributed by atoms with Crippen molar-refractivity contribution in [3.63, 3.8) is 0 Å². The molecule has 0 radical (unpaired) electrons. The Labute approximate surface area is 415 Å². The number of ether oxygens (including phenoxy) is 4. The zero-order valence-electron chi connectivity index (χ0n) is 41.1. The first-order valence-corrected chi connectivity index (χ1v) is 24.7. The number of nitrogens with zero attached hydrogens (tertiary/aromatic N) is 5. The summed E-state index contributed by atoms with van der Waals surface area (Å²) in [6, 6.07) is 13.6. The molecule has 10 rings (SSSR count). The Kier molecular flexibility index (Phi) is 12.9. The highest BCUT2D eigenvalue weighted by Gasteiger charge is 2.42. The molecular formula is C54H58F3N7O8. The van der Waals surface area contributed by atoms with Gasteiger partial charge in [0, 0.05) is 60.7 Å². The predicted octanol–water partition coefficient (Wildman–Crippen LogP) is 9.38. The molecule has 4 amide bonds. The second-order valence-corrected chi connectivity index (χ2v) is 20.0. The molecule has 6 aliphatic rings. The molecule has 0 bridgehead atoms. The standard InChI is InChI=1S/C54H58F3N7O8/c1-28(2)47(60-52(67)69-5)49(65)62-16-7-9-41(62)38-21-34(26-58-38)30-12-14-40-33(19-30)23-43-46-37(55)20-32(25-45(46)72-51(64(40)43)31-11-13-36-44(24-31)71-18-15-54(36,56)57)35-22-39(59-27-35)42-10-8-17-63(42)50(66)48(29(3)4)61-53(68)70-6/h11-14,19-20,23-29,41-42,47-48,51H,7-10,15-18,21-22H2,1-6H3,(H,60,67)(H,61,68)/t41-,42-,47-,48-,51?/m0/s1. The van der Waals surface area contributed by atoms with E-state index in [-0.39, 0.29) is 65.0 Å². The zero-order valence-corrected chi connectivity index (χ0v) is 41.1. The number of allylic oxidation sites excluding steroid dienone is 2. The molecule has 15 nitrogen and oxygen atoms in total. The largest absolute Gasteiger partial charge is 0.493 e. The number of fused-ring (bicyclic) bond motifs is 6. The van der Waals surface area contributed by atoms with Crippen molar-refractivity contribution in [3.8, 4) is 22.8 Å². The lowest BCUT2D eigenvalue weighted by Gasteiger charge is -2.32. The van der Waals surface area contributed by atoms with Gasteiger partial charge in [0.2, 0.25) is 18.0 Å². The van der Waals surface area contributed by atoms with Crippen LogP contribution in [0.25, 0.3) is 33.3 Å². The Hall–Kier alpha value is -7.11. The summed E-state index contributed by atoms with van der Waals surface area (Å²) in [5, 5.41) is 6.16. The number of halogens is 3. The van der Waals surface area contributed by atoms with E-state index >= 15 is 13.2 Å². The quantitative estimate of drug-likeness (QED) is 0.150. The molecule has 6 aliphatic heterocycles. The van der Waals surface area contributed by atoms with E-state index in [1.54, 1.807) is 29.3 Å². The minimum atomic E-state index is -3.07. The van der Waals surface area contributed by atoms with Gasteiger partial charge in [-0.1, -0.05) is 39.8 Å². The third-order valence-corrected chi connectivity index (χ3v) is 14.9. The lowest BCUT2D eigenvalue weighted by molar-refractivity contribution is -0.134. The first kappa shape index (κ1) is 48.5. The van der Waals surface area contributed by atoms with Crippen molar-refractivity contribution in [2.24, 2.45) is 21.8 Å². The molecule has 3 aromatic carbocycles. The van der Waals surface area contributed by atoms with Crippen LogP contribution in [0, 0.1) is 17.7 Å². The van der Waals surface area contributed by atoms with Crippen LogP contribution in [0.3, 0.4) is 0 Å². The van der Waals surface area contributed by atoms with Crippen LogP contribution < -0.4 is 20.1 Å². The summed E-state index contributed by atoms with van der Waals surface area (Å²) in [6.45, 7) is 8.36. The number of amides is 4. The van der Waals surface area contributed by atoms with Crippen molar-refractivity contribution in [2.45, 2.75) is 109 Å². The van der Waals surface area contributed by atoms with Crippen LogP contribution in [-0.2, 0) is 25.0 Å². The fraction of sp³-hybridized carbons (Fsp3) is 0.444. The van der Waals surface area contributed by atoms with Crippen LogP contribution in [0.2, 0.25) is 0 Å². The third-order valence-electron chi connectivity index (χ3n) is 14.9. The number of hydrogen-bond donors (Lipinski definition) is 2. The molecule has 18 heteroatoms. The summed E-state index contributed by atoms with van der Waals surface area (Å²) >= 11 is 0. The number of aliphatic imine (C=N–C) groups is 2. The van der Waals surface area contributed by atoms with Gasteiger partial charge in [-0.15, -0.1) is 0 Å². The topological polar surface area (TPSA) is 165 Å². The van der Waals surface area contributed by atoms with Crippen LogP contribution >= 0.6 is 0 Å². The highest BCUT2D eigenvalue weighted by Crippen LogP contribution is 2.49. The lowest BCUT2D eigenvalue weighted by atomic mass is 9.95. The molecule has 72 heavy (non-hydrogen) atoms. The minimum absolute atomic E-state index is 0.0605. The van der Waals surface area contributed by atoms with E-state index in [0.29, 0.717) is 49.2 Å². The second-order valence-electron chi connectivity index (χ2n) is 20.0. The molecule has 2 saturated heterocycles. The maximum absolute atomic E-state index is 17.0. The Morgan fingerprint density at radius 1 is 0.750 bits per heavy atom. The molecule has 4 aromatic rings. The minimum Gasteiger partial charge on any atom is -0.493 e. The number of carbonyl (C=O) groups excluding carboxylic acids is 4. The van der Waals surface area contributed by atoms with E-state index in [9.17, 15) is 19.2 Å². The van der Waals surface area contributed by atoms with Crippen molar-refractivity contribution < 1.29 is 51.3 Å². The molecule has 2 N–H and O–H groups in total. The highest BCUT2D eigenvalue weighted by atomic mass is 19.3. The van der Waals surface area contributed by atoms with Crippen molar-refractivity contribution in [2.75, 3.05) is 33.9 Å². The average Bonchev–Trinajstić information content (AvgIpc) is 4.23. The summed E-state index contributed by atoms with van der Waals surface area (Å²) < 4.78 is 71.3. The Balaban J connectivity index is 0.945. The molecule has 2 fully saturated rings. The lowest BCUT2D eigenvalue weighted by Crippen LogP contribution is -2.53. The van der Waals surface area contributed by atoms with Gasteiger partial charge >= 0.3 is 12.2 Å². The van der Waals surface area contributed by atoms with E-state index in [4.69, 9.17) is 28.9 Å². The number of alkyl halides is 2. The number of benzene rings is 3. The van der Waals surface area contributed by atoms with Gasteiger partial charge in [0.15, 0.2) is 0 Å². The second kappa shape index (κ2) is 19.1. The molecule has 0 spiro atoms. The Bertz CT molecular complexity index is 3010. The SMILES string of the molecule is COC(=O)N[C@H](C(=O)N1CCC[C@H]1C1=NC=C(c2cc(F)c3c(c2)OC(c2ccc4c(c2)OCCC4(F)F)n2c-3cc3cc(C4=CN=C([C@@H]5CCCN5C(=O)[C@@H](NC(=O)OC)C(C)C)C4)ccc32)C1)C(C)C. The van der Waals surface area contributed by atoms with Crippen LogP contribution in [0.15, 0.2) is 77.0 Å². The first-order chi connectivity index (χ1) is 34.5. The van der Waals surface area contributed by atoms with E-state index in [0.717, 1.165) is 58.3 Å². The van der Waals surface area contributed by atoms with Crippen LogP contribution in [0.4, 0.5) is 22.8 Å². The van der Waals surface area contributed by atoms with Crippen molar-refractivity contribution >= 4 is 57.5 Å². The van der Waals surface area contributed by atoms with Crippen LogP contribution in [0.1, 0.15) is 101 Å². The molecule has 7 heterocycles. The maximum Gasteiger partial charge on any atom is 0.407 e. The smallest absolute Gasteiger partial charge is 0.407 e. The van der Waals surface area contributed by atoms with Crippen LogP contribution in [-0.4, -0.2) is 108 Å². The van der Waals surface area contributed by atoms with Gasteiger partial charge in [-0.2, -0.15) is 0 Å². The number of methoxy groups -OCH3 is 2. The van der Waals surface area contributed by atoms with E-state index in [2.05, 4.69) is 10.6 Å². The number of hydrogen-bond acceptors (Lipinski definition) is 10. The van der Waals surface area contributed by atoms with Gasteiger partial charge in [0.1, 0.15) is 29.4 Å². The van der Waals surface area contributed by atoms with Crippen LogP contribution in [0.5, 0.6) is 11.5 Å². The first-order valence-electron chi connectivity index (χ1n) is 24.7. The summed E-state index contributed by atoms with van der Waals surface area (Å²) in [5.41, 5.74) is 6.50.